The first kappa shape index (κ1) is 5.75. The van der Waals surface area contributed by atoms with E-state index < -0.39 is 5.97 Å². The van der Waals surface area contributed by atoms with Gasteiger partial charge in [-0.3, -0.25) is 9.59 Å². The Bertz CT molecular complexity index is 271. The highest BCUT2D eigenvalue weighted by Crippen LogP contribution is 2.71. The number of rotatable bonds is 1. The molecule has 0 heterocycles. The topological polar surface area (TPSA) is 54.4 Å². The molecule has 0 aliphatic heterocycles. The number of hydrogen-bond acceptors (Lipinski definition) is 2. The minimum atomic E-state index is -0.754. The second-order valence-corrected chi connectivity index (χ2v) is 3.88. The van der Waals surface area contributed by atoms with Crippen molar-refractivity contribution < 1.29 is 14.7 Å². The Labute approximate surface area is 63.4 Å². The summed E-state index contributed by atoms with van der Waals surface area (Å²) < 4.78 is 0. The molecular formula is C8H8O3. The monoisotopic (exact) mass is 152 g/mol. The predicted octanol–water partition coefficient (Wildman–Crippen LogP) is 0.152. The fourth-order valence-corrected chi connectivity index (χ4v) is 3.18. The third-order valence-electron chi connectivity index (χ3n) is 3.58. The zero-order valence-electron chi connectivity index (χ0n) is 5.86. The Balaban J connectivity index is 2.03. The first-order valence-corrected chi connectivity index (χ1v) is 3.98. The van der Waals surface area contributed by atoms with Crippen molar-refractivity contribution >= 4 is 11.8 Å². The zero-order valence-corrected chi connectivity index (χ0v) is 5.86. The van der Waals surface area contributed by atoms with E-state index in [-0.39, 0.29) is 29.5 Å². The van der Waals surface area contributed by atoms with Crippen LogP contribution in [-0.4, -0.2) is 16.9 Å². The van der Waals surface area contributed by atoms with E-state index in [1.807, 2.05) is 0 Å². The summed E-state index contributed by atoms with van der Waals surface area (Å²) in [4.78, 5) is 21.9. The van der Waals surface area contributed by atoms with Crippen LogP contribution in [0.1, 0.15) is 6.42 Å². The molecule has 0 radical (unpaired) electrons. The number of ketones is 1. The lowest BCUT2D eigenvalue weighted by atomic mass is 9.98. The van der Waals surface area contributed by atoms with Gasteiger partial charge in [-0.05, 0) is 18.3 Å². The molecule has 3 nitrogen and oxygen atoms in total. The van der Waals surface area contributed by atoms with Gasteiger partial charge in [0.2, 0.25) is 0 Å². The van der Waals surface area contributed by atoms with Crippen molar-refractivity contribution in [1.29, 1.82) is 0 Å². The summed E-state index contributed by atoms with van der Waals surface area (Å²) in [6.07, 6.45) is 0.866. The van der Waals surface area contributed by atoms with Crippen LogP contribution in [-0.2, 0) is 9.59 Å². The van der Waals surface area contributed by atoms with Gasteiger partial charge in [-0.2, -0.15) is 0 Å². The summed E-state index contributed by atoms with van der Waals surface area (Å²) >= 11 is 0. The third kappa shape index (κ3) is 0.424. The minimum absolute atomic E-state index is 0.104. The van der Waals surface area contributed by atoms with Crippen molar-refractivity contribution in [2.45, 2.75) is 6.42 Å². The highest BCUT2D eigenvalue weighted by atomic mass is 16.4. The molecule has 1 N–H and O–H groups in total. The smallest absolute Gasteiger partial charge is 0.307 e. The van der Waals surface area contributed by atoms with Gasteiger partial charge in [0.25, 0.3) is 0 Å². The predicted molar refractivity (Wildman–Crippen MR) is 34.7 cm³/mol. The lowest BCUT2D eigenvalue weighted by Gasteiger charge is -2.05. The molecule has 0 aromatic heterocycles. The van der Waals surface area contributed by atoms with Crippen LogP contribution in [0.15, 0.2) is 0 Å². The Morgan fingerprint density at radius 2 is 2.27 bits per heavy atom. The number of carboxylic acids is 1. The van der Waals surface area contributed by atoms with Gasteiger partial charge < -0.3 is 5.11 Å². The van der Waals surface area contributed by atoms with Crippen molar-refractivity contribution in [3.63, 3.8) is 0 Å². The van der Waals surface area contributed by atoms with Crippen molar-refractivity contribution in [3.05, 3.63) is 0 Å². The highest BCUT2D eigenvalue weighted by molar-refractivity contribution is 5.98. The van der Waals surface area contributed by atoms with E-state index >= 15 is 0 Å². The van der Waals surface area contributed by atoms with E-state index in [4.69, 9.17) is 5.11 Å². The number of hydrogen-bond donors (Lipinski definition) is 1. The van der Waals surface area contributed by atoms with E-state index in [1.165, 1.54) is 0 Å². The van der Waals surface area contributed by atoms with Crippen LogP contribution in [0.5, 0.6) is 0 Å². The fraction of sp³-hybridized carbons (Fsp3) is 0.750. The van der Waals surface area contributed by atoms with E-state index in [0.29, 0.717) is 5.92 Å². The van der Waals surface area contributed by atoms with Gasteiger partial charge in [0.1, 0.15) is 5.78 Å². The third-order valence-corrected chi connectivity index (χ3v) is 3.58. The normalized spacial score (nSPS) is 56.7. The van der Waals surface area contributed by atoms with Crippen molar-refractivity contribution in [2.24, 2.45) is 29.6 Å². The summed E-state index contributed by atoms with van der Waals surface area (Å²) in [5, 5.41) is 8.77. The summed E-state index contributed by atoms with van der Waals surface area (Å²) in [6.45, 7) is 0. The molecule has 4 aliphatic carbocycles. The molecule has 0 aromatic rings. The molecular weight excluding hydrogens is 144 g/mol. The summed E-state index contributed by atoms with van der Waals surface area (Å²) in [5.41, 5.74) is 0. The average molecular weight is 152 g/mol. The van der Waals surface area contributed by atoms with Crippen LogP contribution < -0.4 is 0 Å². The van der Waals surface area contributed by atoms with Gasteiger partial charge in [0.05, 0.1) is 5.92 Å². The van der Waals surface area contributed by atoms with E-state index in [2.05, 4.69) is 0 Å². The lowest BCUT2D eigenvalue weighted by molar-refractivity contribution is -0.144. The number of Topliss-reactive ketones (excluding diaryl/α,β-unsaturated/α-hetero) is 1. The summed E-state index contributed by atoms with van der Waals surface area (Å²) in [7, 11) is 0. The van der Waals surface area contributed by atoms with Crippen LogP contribution in [0, 0.1) is 29.6 Å². The molecule has 4 aliphatic rings. The van der Waals surface area contributed by atoms with Crippen LogP contribution in [0.4, 0.5) is 0 Å². The summed E-state index contributed by atoms with van der Waals surface area (Å²) in [5.74, 6) is -0.0482. The lowest BCUT2D eigenvalue weighted by Crippen LogP contribution is -2.19. The molecule has 4 rings (SSSR count). The van der Waals surface area contributed by atoms with Crippen LogP contribution in [0.2, 0.25) is 0 Å². The molecule has 3 heteroatoms. The molecule has 0 spiro atoms. The molecule has 58 valence electrons. The number of carbonyl (C=O) groups is 2. The Kier molecular flexibility index (Phi) is 0.708. The quantitative estimate of drug-likeness (QED) is 0.582. The second-order valence-electron chi connectivity index (χ2n) is 3.88. The van der Waals surface area contributed by atoms with Crippen LogP contribution in [0.25, 0.3) is 0 Å². The average Bonchev–Trinajstić information content (AvgIpc) is 2.33. The maximum atomic E-state index is 11.2. The maximum absolute atomic E-state index is 11.2. The molecule has 4 bridgehead atoms. The molecule has 0 saturated heterocycles. The molecule has 0 amide bonds. The van der Waals surface area contributed by atoms with Crippen molar-refractivity contribution in [3.8, 4) is 0 Å². The van der Waals surface area contributed by atoms with Crippen LogP contribution in [0.3, 0.4) is 0 Å². The number of carboxylic acid groups (broad SMARTS) is 1. The zero-order chi connectivity index (χ0) is 7.75. The second kappa shape index (κ2) is 1.36. The Morgan fingerprint density at radius 3 is 2.45 bits per heavy atom. The van der Waals surface area contributed by atoms with Gasteiger partial charge in [-0.15, -0.1) is 0 Å². The van der Waals surface area contributed by atoms with Gasteiger partial charge in [-0.25, -0.2) is 0 Å². The Morgan fingerprint density at radius 1 is 1.55 bits per heavy atom. The SMILES string of the molecule is O=C(O)[C@@H]1[C@H]2[C@H]3C[C@@H]1C(=O)[C@H]32. The molecule has 4 fully saturated rings. The van der Waals surface area contributed by atoms with E-state index in [1.54, 1.807) is 0 Å². The number of carbonyl (C=O) groups excluding carboxylic acids is 1. The minimum Gasteiger partial charge on any atom is -0.481 e. The first-order valence-electron chi connectivity index (χ1n) is 3.98. The fourth-order valence-electron chi connectivity index (χ4n) is 3.18. The van der Waals surface area contributed by atoms with Gasteiger partial charge in [0.15, 0.2) is 0 Å². The molecule has 0 aromatic carbocycles. The summed E-state index contributed by atoms with van der Waals surface area (Å²) in [6, 6.07) is 0. The maximum Gasteiger partial charge on any atom is 0.307 e. The van der Waals surface area contributed by atoms with Crippen molar-refractivity contribution in [1.82, 2.24) is 0 Å². The molecule has 11 heavy (non-hydrogen) atoms. The molecule has 4 saturated carbocycles. The van der Waals surface area contributed by atoms with Gasteiger partial charge in [-0.1, -0.05) is 0 Å². The Hall–Kier alpha value is -0.860. The van der Waals surface area contributed by atoms with Gasteiger partial charge in [0, 0.05) is 11.8 Å². The van der Waals surface area contributed by atoms with Crippen molar-refractivity contribution in [2.75, 3.05) is 0 Å². The van der Waals surface area contributed by atoms with Crippen LogP contribution >= 0.6 is 0 Å². The standard InChI is InChI=1S/C8H8O3/c9-7-3-1-2-4(5(2)7)6(3)8(10)11/h2-6H,1H2,(H,10,11)/t2-,3+,4+,5-,6+/m1/s1. The first-order chi connectivity index (χ1) is 5.22. The highest BCUT2D eigenvalue weighted by Gasteiger charge is 2.75. The largest absolute Gasteiger partial charge is 0.481 e. The van der Waals surface area contributed by atoms with E-state index in [9.17, 15) is 9.59 Å². The molecule has 5 atom stereocenters. The van der Waals surface area contributed by atoms with E-state index in [0.717, 1.165) is 6.42 Å². The molecule has 0 unspecified atom stereocenters. The van der Waals surface area contributed by atoms with Gasteiger partial charge >= 0.3 is 5.97 Å². The number of aliphatic carboxylic acids is 1.